The van der Waals surface area contributed by atoms with Crippen LogP contribution in [0, 0.1) is 0 Å². The summed E-state index contributed by atoms with van der Waals surface area (Å²) in [5.41, 5.74) is 1.38. The molecule has 0 unspecified atom stereocenters. The molecule has 0 bridgehead atoms. The lowest BCUT2D eigenvalue weighted by Crippen LogP contribution is -2.29. The molecule has 0 saturated carbocycles. The number of aromatic nitrogens is 2. The Kier molecular flexibility index (Phi) is 6.36. The van der Waals surface area contributed by atoms with Crippen molar-refractivity contribution in [3.8, 4) is 28.6 Å². The summed E-state index contributed by atoms with van der Waals surface area (Å²) in [7, 11) is 3.01. The van der Waals surface area contributed by atoms with E-state index in [2.05, 4.69) is 10.1 Å². The van der Waals surface area contributed by atoms with Gasteiger partial charge >= 0.3 is 0 Å². The van der Waals surface area contributed by atoms with Crippen LogP contribution in [0.3, 0.4) is 0 Å². The molecule has 0 saturated heterocycles. The fraction of sp³-hybridized carbons (Fsp3) is 0.150. The monoisotopic (exact) mass is 415 g/mol. The smallest absolute Gasteiger partial charge is 0.269 e. The van der Waals surface area contributed by atoms with Gasteiger partial charge in [0.25, 0.3) is 5.89 Å². The molecule has 29 heavy (non-hydrogen) atoms. The topological polar surface area (TPSA) is 107 Å². The number of hydrogen-bond donors (Lipinski definition) is 0. The maximum atomic E-state index is 10.5. The largest absolute Gasteiger partial charge is 0.546 e. The highest BCUT2D eigenvalue weighted by atomic mass is 35.5. The average molecular weight is 416 g/mol. The van der Waals surface area contributed by atoms with E-state index < -0.39 is 12.6 Å². The van der Waals surface area contributed by atoms with E-state index in [1.807, 2.05) is 18.2 Å². The molecule has 0 aliphatic heterocycles. The van der Waals surface area contributed by atoms with Crippen molar-refractivity contribution in [1.29, 1.82) is 0 Å². The van der Waals surface area contributed by atoms with E-state index in [1.165, 1.54) is 7.11 Å². The average Bonchev–Trinajstić information content (AvgIpc) is 3.23. The quantitative estimate of drug-likeness (QED) is 0.552. The molecule has 0 aliphatic rings. The van der Waals surface area contributed by atoms with Gasteiger partial charge in [0.15, 0.2) is 11.5 Å². The Morgan fingerprint density at radius 1 is 1.17 bits per heavy atom. The van der Waals surface area contributed by atoms with E-state index in [1.54, 1.807) is 37.5 Å². The normalized spacial score (nSPS) is 11.2. The van der Waals surface area contributed by atoms with Crippen molar-refractivity contribution in [3.05, 3.63) is 53.9 Å². The summed E-state index contributed by atoms with van der Waals surface area (Å²) < 4.78 is 20.8. The predicted molar refractivity (Wildman–Crippen MR) is 104 cm³/mol. The maximum absolute atomic E-state index is 10.5. The lowest BCUT2D eigenvalue weighted by Gasteiger charge is -2.11. The highest BCUT2D eigenvalue weighted by Crippen LogP contribution is 2.31. The zero-order chi connectivity index (χ0) is 20.8. The summed E-state index contributed by atoms with van der Waals surface area (Å²) in [4.78, 5) is 14.8. The molecular weight excluding hydrogens is 400 g/mol. The van der Waals surface area contributed by atoms with Crippen LogP contribution in [0.25, 0.3) is 22.5 Å². The molecule has 3 rings (SSSR count). The molecule has 0 fully saturated rings. The maximum Gasteiger partial charge on any atom is 0.269 e. The molecule has 1 aromatic heterocycles. The summed E-state index contributed by atoms with van der Waals surface area (Å²) in [6.45, 7) is -0.582. The zero-order valence-corrected chi connectivity index (χ0v) is 16.3. The molecule has 0 N–H and O–H groups in total. The molecule has 2 aromatic carbocycles. The third-order valence-electron chi connectivity index (χ3n) is 3.78. The minimum absolute atomic E-state index is 0.140. The van der Waals surface area contributed by atoms with Gasteiger partial charge in [0.2, 0.25) is 5.82 Å². The molecule has 1 heterocycles. The number of rotatable bonds is 8. The van der Waals surface area contributed by atoms with Crippen LogP contribution in [0.15, 0.2) is 47.0 Å². The molecule has 0 radical (unpaired) electrons. The second-order valence-electron chi connectivity index (χ2n) is 5.72. The first-order valence-corrected chi connectivity index (χ1v) is 8.74. The predicted octanol–water partition coefficient (Wildman–Crippen LogP) is 2.62. The minimum atomic E-state index is -1.33. The van der Waals surface area contributed by atoms with Crippen LogP contribution < -0.4 is 19.3 Å². The number of benzene rings is 2. The number of carboxylic acid groups (broad SMARTS) is 1. The van der Waals surface area contributed by atoms with Crippen LogP contribution in [-0.4, -0.2) is 36.9 Å². The zero-order valence-electron chi connectivity index (χ0n) is 15.5. The molecular formula is C20H16ClN2O6-. The van der Waals surface area contributed by atoms with Gasteiger partial charge in [-0.05, 0) is 35.9 Å². The van der Waals surface area contributed by atoms with Crippen molar-refractivity contribution >= 4 is 28.7 Å². The van der Waals surface area contributed by atoms with Crippen LogP contribution in [-0.2, 0) is 4.79 Å². The van der Waals surface area contributed by atoms with E-state index >= 15 is 0 Å². The second-order valence-corrected chi connectivity index (χ2v) is 6.13. The van der Waals surface area contributed by atoms with E-state index in [4.69, 9.17) is 30.3 Å². The lowest BCUT2D eigenvalue weighted by molar-refractivity contribution is -0.307. The number of ether oxygens (including phenoxy) is 3. The summed E-state index contributed by atoms with van der Waals surface area (Å²) in [5.74, 6) is 0.454. The highest BCUT2D eigenvalue weighted by Gasteiger charge is 2.13. The summed E-state index contributed by atoms with van der Waals surface area (Å²) >= 11 is 6.32. The summed E-state index contributed by atoms with van der Waals surface area (Å²) in [5, 5.41) is 14.7. The fourth-order valence-corrected chi connectivity index (χ4v) is 2.64. The van der Waals surface area contributed by atoms with Crippen LogP contribution in [0.2, 0.25) is 0 Å². The van der Waals surface area contributed by atoms with Crippen LogP contribution in [0.4, 0.5) is 0 Å². The van der Waals surface area contributed by atoms with Gasteiger partial charge in [0.1, 0.15) is 17.4 Å². The van der Waals surface area contributed by atoms with Gasteiger partial charge in [-0.15, -0.1) is 0 Å². The molecule has 0 amide bonds. The third-order valence-corrected chi connectivity index (χ3v) is 4.06. The van der Waals surface area contributed by atoms with Crippen LogP contribution in [0.1, 0.15) is 11.5 Å². The Balaban J connectivity index is 1.82. The first-order valence-electron chi connectivity index (χ1n) is 8.36. The number of hydrogen-bond acceptors (Lipinski definition) is 8. The molecule has 0 aliphatic carbocycles. The molecule has 3 aromatic rings. The van der Waals surface area contributed by atoms with Gasteiger partial charge in [-0.25, -0.2) is 0 Å². The molecule has 8 nitrogen and oxygen atoms in total. The minimum Gasteiger partial charge on any atom is -0.546 e. The molecule has 150 valence electrons. The Hall–Kier alpha value is -3.52. The first kappa shape index (κ1) is 20.2. The highest BCUT2D eigenvalue weighted by molar-refractivity contribution is 6.50. The second kappa shape index (κ2) is 9.11. The number of carbonyl (C=O) groups is 1. The number of aliphatic carboxylic acids is 1. The number of carboxylic acids is 1. The van der Waals surface area contributed by atoms with E-state index in [-0.39, 0.29) is 16.7 Å². The van der Waals surface area contributed by atoms with E-state index in [0.717, 1.165) is 5.56 Å². The Morgan fingerprint density at radius 2 is 2.00 bits per heavy atom. The Bertz CT molecular complexity index is 1050. The van der Waals surface area contributed by atoms with Crippen LogP contribution >= 0.6 is 11.6 Å². The number of methoxy groups -OCH3 is 2. The van der Waals surface area contributed by atoms with Crippen molar-refractivity contribution in [2.75, 3.05) is 20.8 Å². The fourth-order valence-electron chi connectivity index (χ4n) is 2.44. The van der Waals surface area contributed by atoms with Crippen LogP contribution in [0.5, 0.6) is 17.2 Å². The van der Waals surface area contributed by atoms with Crippen molar-refractivity contribution in [2.24, 2.45) is 0 Å². The summed E-state index contributed by atoms with van der Waals surface area (Å²) in [6.07, 6.45) is 1.61. The Morgan fingerprint density at radius 3 is 2.72 bits per heavy atom. The number of nitrogens with zero attached hydrogens (tertiary/aromatic N) is 2. The SMILES string of the molecule is COc1cccc(-c2noc(/C(Cl)=C/c3ccc(OCC(=O)[O-])c(OC)c3)n2)c1. The van der Waals surface area contributed by atoms with Crippen molar-refractivity contribution < 1.29 is 28.6 Å². The lowest BCUT2D eigenvalue weighted by atomic mass is 10.2. The van der Waals surface area contributed by atoms with Gasteiger partial charge in [-0.3, -0.25) is 0 Å². The standard InChI is InChI=1S/C20H17ClN2O6/c1-26-14-5-3-4-13(10-14)19-22-20(29-23-19)15(21)8-12-6-7-16(17(9-12)27-2)28-11-18(24)25/h3-10H,11H2,1-2H3,(H,24,25)/p-1/b15-8-. The Labute approximate surface area is 171 Å². The van der Waals surface area contributed by atoms with Crippen molar-refractivity contribution in [2.45, 2.75) is 0 Å². The number of carbonyl (C=O) groups excluding carboxylic acids is 1. The van der Waals surface area contributed by atoms with Gasteiger partial charge in [0.05, 0.1) is 20.2 Å². The third kappa shape index (κ3) is 5.05. The van der Waals surface area contributed by atoms with Gasteiger partial charge in [-0.2, -0.15) is 4.98 Å². The van der Waals surface area contributed by atoms with Crippen molar-refractivity contribution in [1.82, 2.24) is 10.1 Å². The van der Waals surface area contributed by atoms with Crippen molar-refractivity contribution in [3.63, 3.8) is 0 Å². The van der Waals surface area contributed by atoms with Gasteiger partial charge < -0.3 is 28.6 Å². The first-order chi connectivity index (χ1) is 14.0. The van der Waals surface area contributed by atoms with E-state index in [9.17, 15) is 9.90 Å². The molecule has 0 spiro atoms. The molecule has 9 heteroatoms. The van der Waals surface area contributed by atoms with Gasteiger partial charge in [0, 0.05) is 5.56 Å². The summed E-state index contributed by atoms with van der Waals surface area (Å²) in [6, 6.07) is 12.1. The number of halogens is 1. The van der Waals surface area contributed by atoms with E-state index in [0.29, 0.717) is 22.9 Å². The van der Waals surface area contributed by atoms with Gasteiger partial charge in [-0.1, -0.05) is 35.0 Å². The molecule has 0 atom stereocenters.